The standard InChI is InChI=1S/C12H20N4O3/c1-17-10-14-11(18-2)16-12(15-10)19-7-5-9-4-3-6-13-8-9/h9,13H,3-8H2,1-2H3. The first-order chi connectivity index (χ1) is 9.31. The molecule has 1 saturated heterocycles. The maximum atomic E-state index is 5.54. The Bertz CT molecular complexity index is 374. The van der Waals surface area contributed by atoms with Crippen molar-refractivity contribution in [3.63, 3.8) is 0 Å². The molecule has 1 unspecified atom stereocenters. The van der Waals surface area contributed by atoms with Gasteiger partial charge in [0.1, 0.15) is 0 Å². The summed E-state index contributed by atoms with van der Waals surface area (Å²) >= 11 is 0. The summed E-state index contributed by atoms with van der Waals surface area (Å²) in [5.41, 5.74) is 0. The second kappa shape index (κ2) is 7.08. The maximum Gasteiger partial charge on any atom is 0.325 e. The monoisotopic (exact) mass is 268 g/mol. The zero-order valence-corrected chi connectivity index (χ0v) is 11.4. The van der Waals surface area contributed by atoms with E-state index in [4.69, 9.17) is 14.2 Å². The number of hydrogen-bond acceptors (Lipinski definition) is 7. The number of aromatic nitrogens is 3. The third-order valence-corrected chi connectivity index (χ3v) is 3.10. The van der Waals surface area contributed by atoms with Crippen molar-refractivity contribution < 1.29 is 14.2 Å². The molecular formula is C12H20N4O3. The maximum absolute atomic E-state index is 5.54. The second-order valence-corrected chi connectivity index (χ2v) is 4.44. The Labute approximate surface area is 112 Å². The van der Waals surface area contributed by atoms with Gasteiger partial charge < -0.3 is 19.5 Å². The summed E-state index contributed by atoms with van der Waals surface area (Å²) < 4.78 is 15.5. The van der Waals surface area contributed by atoms with Crippen LogP contribution in [0.25, 0.3) is 0 Å². The molecule has 7 heteroatoms. The third-order valence-electron chi connectivity index (χ3n) is 3.10. The molecular weight excluding hydrogens is 248 g/mol. The van der Waals surface area contributed by atoms with Crippen LogP contribution < -0.4 is 19.5 Å². The van der Waals surface area contributed by atoms with E-state index in [1.807, 2.05) is 0 Å². The molecule has 0 amide bonds. The van der Waals surface area contributed by atoms with Gasteiger partial charge in [-0.25, -0.2) is 0 Å². The number of methoxy groups -OCH3 is 2. The Kier molecular flexibility index (Phi) is 5.14. The minimum absolute atomic E-state index is 0.196. The van der Waals surface area contributed by atoms with Crippen molar-refractivity contribution in [2.75, 3.05) is 33.9 Å². The predicted octanol–water partition coefficient (Wildman–Crippen LogP) is 0.657. The van der Waals surface area contributed by atoms with Crippen LogP contribution in [0, 0.1) is 5.92 Å². The van der Waals surface area contributed by atoms with Crippen molar-refractivity contribution in [3.05, 3.63) is 0 Å². The first-order valence-corrected chi connectivity index (χ1v) is 6.49. The Morgan fingerprint density at radius 3 is 2.37 bits per heavy atom. The fourth-order valence-corrected chi connectivity index (χ4v) is 2.05. The highest BCUT2D eigenvalue weighted by Gasteiger charge is 2.14. The Morgan fingerprint density at radius 1 is 1.11 bits per heavy atom. The highest BCUT2D eigenvalue weighted by Crippen LogP contribution is 2.16. The average Bonchev–Trinajstić information content (AvgIpc) is 2.48. The predicted molar refractivity (Wildman–Crippen MR) is 68.6 cm³/mol. The summed E-state index contributed by atoms with van der Waals surface area (Å²) in [4.78, 5) is 12.0. The minimum atomic E-state index is 0.196. The highest BCUT2D eigenvalue weighted by atomic mass is 16.5. The van der Waals surface area contributed by atoms with Crippen LogP contribution in [0.4, 0.5) is 0 Å². The van der Waals surface area contributed by atoms with E-state index in [0.29, 0.717) is 12.5 Å². The van der Waals surface area contributed by atoms with Crippen LogP contribution in [0.15, 0.2) is 0 Å². The van der Waals surface area contributed by atoms with E-state index < -0.39 is 0 Å². The van der Waals surface area contributed by atoms with Gasteiger partial charge in [0.05, 0.1) is 20.8 Å². The van der Waals surface area contributed by atoms with Gasteiger partial charge >= 0.3 is 18.0 Å². The number of piperidine rings is 1. The van der Waals surface area contributed by atoms with Gasteiger partial charge in [0.25, 0.3) is 0 Å². The molecule has 1 atom stereocenters. The van der Waals surface area contributed by atoms with E-state index >= 15 is 0 Å². The molecule has 2 heterocycles. The minimum Gasteiger partial charge on any atom is -0.467 e. The van der Waals surface area contributed by atoms with Crippen LogP contribution in [-0.4, -0.2) is 48.9 Å². The molecule has 1 aromatic heterocycles. The summed E-state index contributed by atoms with van der Waals surface area (Å²) in [6, 6.07) is 0.634. The van der Waals surface area contributed by atoms with Crippen LogP contribution in [-0.2, 0) is 0 Å². The highest BCUT2D eigenvalue weighted by molar-refractivity contribution is 5.08. The molecule has 0 bridgehead atoms. The quantitative estimate of drug-likeness (QED) is 0.811. The lowest BCUT2D eigenvalue weighted by Crippen LogP contribution is -2.30. The lowest BCUT2D eigenvalue weighted by atomic mass is 9.97. The molecule has 0 radical (unpaired) electrons. The molecule has 0 spiro atoms. The fourth-order valence-electron chi connectivity index (χ4n) is 2.05. The molecule has 0 saturated carbocycles. The van der Waals surface area contributed by atoms with E-state index in [-0.39, 0.29) is 18.0 Å². The van der Waals surface area contributed by atoms with Gasteiger partial charge in [0, 0.05) is 0 Å². The SMILES string of the molecule is COc1nc(OC)nc(OCCC2CCCNC2)n1. The van der Waals surface area contributed by atoms with E-state index in [9.17, 15) is 0 Å². The van der Waals surface area contributed by atoms with Crippen LogP contribution >= 0.6 is 0 Å². The fraction of sp³-hybridized carbons (Fsp3) is 0.750. The van der Waals surface area contributed by atoms with Crippen LogP contribution in [0.1, 0.15) is 19.3 Å². The summed E-state index contributed by atoms with van der Waals surface area (Å²) in [7, 11) is 2.98. The molecule has 1 aromatic rings. The van der Waals surface area contributed by atoms with Gasteiger partial charge in [-0.05, 0) is 38.3 Å². The summed E-state index contributed by atoms with van der Waals surface area (Å²) in [6.07, 6.45) is 3.47. The molecule has 1 aliphatic rings. The number of hydrogen-bond donors (Lipinski definition) is 1. The van der Waals surface area contributed by atoms with Crippen LogP contribution in [0.2, 0.25) is 0 Å². The molecule has 106 valence electrons. The summed E-state index contributed by atoms with van der Waals surface area (Å²) in [5, 5.41) is 3.38. The molecule has 2 rings (SSSR count). The molecule has 1 aliphatic heterocycles. The molecule has 7 nitrogen and oxygen atoms in total. The van der Waals surface area contributed by atoms with Crippen LogP contribution in [0.3, 0.4) is 0 Å². The van der Waals surface area contributed by atoms with Crippen molar-refractivity contribution in [2.45, 2.75) is 19.3 Å². The smallest absolute Gasteiger partial charge is 0.325 e. The molecule has 1 N–H and O–H groups in total. The van der Waals surface area contributed by atoms with Gasteiger partial charge in [-0.1, -0.05) is 0 Å². The average molecular weight is 268 g/mol. The van der Waals surface area contributed by atoms with Crippen molar-refractivity contribution in [1.29, 1.82) is 0 Å². The first-order valence-electron chi connectivity index (χ1n) is 6.49. The molecule has 19 heavy (non-hydrogen) atoms. The van der Waals surface area contributed by atoms with Gasteiger partial charge in [0.15, 0.2) is 0 Å². The van der Waals surface area contributed by atoms with Crippen LogP contribution in [0.5, 0.6) is 18.0 Å². The number of nitrogens with zero attached hydrogens (tertiary/aromatic N) is 3. The van der Waals surface area contributed by atoms with Crippen molar-refractivity contribution in [2.24, 2.45) is 5.92 Å². The number of rotatable bonds is 6. The Morgan fingerprint density at radius 2 is 1.79 bits per heavy atom. The summed E-state index contributed by atoms with van der Waals surface area (Å²) in [5.74, 6) is 0.666. The van der Waals surface area contributed by atoms with Gasteiger partial charge in [0.2, 0.25) is 0 Å². The lowest BCUT2D eigenvalue weighted by molar-refractivity contribution is 0.229. The zero-order valence-electron chi connectivity index (χ0n) is 11.4. The second-order valence-electron chi connectivity index (χ2n) is 4.44. The Hall–Kier alpha value is -1.63. The molecule has 0 aliphatic carbocycles. The van der Waals surface area contributed by atoms with Gasteiger partial charge in [-0.15, -0.1) is 15.0 Å². The zero-order chi connectivity index (χ0) is 13.5. The van der Waals surface area contributed by atoms with E-state index in [1.54, 1.807) is 0 Å². The number of ether oxygens (including phenoxy) is 3. The lowest BCUT2D eigenvalue weighted by Gasteiger charge is -2.22. The normalized spacial score (nSPS) is 18.9. The summed E-state index contributed by atoms with van der Waals surface area (Å²) in [6.45, 7) is 2.77. The van der Waals surface area contributed by atoms with E-state index in [0.717, 1.165) is 19.5 Å². The van der Waals surface area contributed by atoms with Crippen molar-refractivity contribution in [3.8, 4) is 18.0 Å². The van der Waals surface area contributed by atoms with Gasteiger partial charge in [-0.3, -0.25) is 0 Å². The van der Waals surface area contributed by atoms with E-state index in [2.05, 4.69) is 20.3 Å². The molecule has 1 fully saturated rings. The number of nitrogens with one attached hydrogen (secondary N) is 1. The Balaban J connectivity index is 1.84. The first kappa shape index (κ1) is 13.8. The largest absolute Gasteiger partial charge is 0.467 e. The topological polar surface area (TPSA) is 78.4 Å². The third kappa shape index (κ3) is 4.20. The van der Waals surface area contributed by atoms with Gasteiger partial charge in [-0.2, -0.15) is 0 Å². The van der Waals surface area contributed by atoms with Crippen molar-refractivity contribution in [1.82, 2.24) is 20.3 Å². The van der Waals surface area contributed by atoms with E-state index in [1.165, 1.54) is 27.1 Å². The molecule has 0 aromatic carbocycles. The van der Waals surface area contributed by atoms with Crippen molar-refractivity contribution >= 4 is 0 Å².